The minimum atomic E-state index is -0.504. The molecule has 148 valence electrons. The molecule has 0 aromatic heterocycles. The Bertz CT molecular complexity index is 1030. The molecular weight excluding hydrogens is 434 g/mol. The molecule has 0 radical (unpaired) electrons. The first-order chi connectivity index (χ1) is 13.9. The van der Waals surface area contributed by atoms with Crippen molar-refractivity contribution >= 4 is 33.6 Å². The lowest BCUT2D eigenvalue weighted by molar-refractivity contribution is -0.112. The fraction of sp³-hybridized carbons (Fsp3) is 0.227. The summed E-state index contributed by atoms with van der Waals surface area (Å²) in [5, 5.41) is 21.0. The largest absolute Gasteiger partial charge is 0.490 e. The van der Waals surface area contributed by atoms with Gasteiger partial charge in [-0.05, 0) is 61.7 Å². The van der Waals surface area contributed by atoms with Gasteiger partial charge in [-0.1, -0.05) is 28.1 Å². The number of hydrogen-bond acceptors (Lipinski definition) is 5. The molecule has 2 rings (SSSR count). The van der Waals surface area contributed by atoms with Crippen LogP contribution >= 0.6 is 15.9 Å². The van der Waals surface area contributed by atoms with E-state index >= 15 is 0 Å². The van der Waals surface area contributed by atoms with Gasteiger partial charge in [0.2, 0.25) is 0 Å². The first-order valence-corrected chi connectivity index (χ1v) is 9.66. The van der Waals surface area contributed by atoms with Crippen LogP contribution < -0.4 is 14.8 Å². The third-order valence-electron chi connectivity index (χ3n) is 4.17. The smallest absolute Gasteiger partial charge is 0.266 e. The van der Waals surface area contributed by atoms with E-state index in [0.717, 1.165) is 11.1 Å². The van der Waals surface area contributed by atoms with E-state index in [2.05, 4.69) is 21.2 Å². The van der Waals surface area contributed by atoms with Crippen LogP contribution in [-0.2, 0) is 4.79 Å². The van der Waals surface area contributed by atoms with E-state index in [4.69, 9.17) is 14.7 Å². The molecule has 0 fully saturated rings. The standard InChI is InChI=1S/C22H20BrN3O3/c1-4-28-20-11-16(18(23)12-21(20)29-9-8-24)10-17(13-25)22(27)26-19-7-5-6-14(2)15(19)3/h5-7,10-12H,4,9H2,1-3H3,(H,26,27)/b17-10+. The van der Waals surface area contributed by atoms with Crippen molar-refractivity contribution in [2.75, 3.05) is 18.5 Å². The van der Waals surface area contributed by atoms with Crippen molar-refractivity contribution in [3.05, 3.63) is 57.1 Å². The van der Waals surface area contributed by atoms with E-state index in [9.17, 15) is 10.1 Å². The van der Waals surface area contributed by atoms with Gasteiger partial charge >= 0.3 is 0 Å². The molecule has 0 bridgehead atoms. The van der Waals surface area contributed by atoms with E-state index in [0.29, 0.717) is 33.8 Å². The van der Waals surface area contributed by atoms with Crippen LogP contribution in [0, 0.1) is 36.5 Å². The van der Waals surface area contributed by atoms with Gasteiger partial charge in [0, 0.05) is 10.2 Å². The zero-order valence-electron chi connectivity index (χ0n) is 16.4. The summed E-state index contributed by atoms with van der Waals surface area (Å²) >= 11 is 3.41. The Hall–Kier alpha value is -3.29. The fourth-order valence-corrected chi connectivity index (χ4v) is 2.97. The average molecular weight is 454 g/mol. The molecule has 1 amide bonds. The first kappa shape index (κ1) is 22.0. The molecule has 0 aliphatic heterocycles. The number of anilines is 1. The summed E-state index contributed by atoms with van der Waals surface area (Å²) in [6, 6.07) is 12.7. The van der Waals surface area contributed by atoms with Crippen LogP contribution in [-0.4, -0.2) is 19.1 Å². The quantitative estimate of drug-likeness (QED) is 0.474. The highest BCUT2D eigenvalue weighted by molar-refractivity contribution is 9.10. The zero-order valence-corrected chi connectivity index (χ0v) is 18.0. The molecule has 0 aliphatic carbocycles. The van der Waals surface area contributed by atoms with Crippen LogP contribution in [0.2, 0.25) is 0 Å². The Kier molecular flexibility index (Phi) is 7.82. The zero-order chi connectivity index (χ0) is 21.4. The van der Waals surface area contributed by atoms with E-state index in [1.807, 2.05) is 45.0 Å². The number of nitrogens with zero attached hydrogens (tertiary/aromatic N) is 2. The lowest BCUT2D eigenvalue weighted by Gasteiger charge is -2.13. The second-order valence-corrected chi connectivity index (χ2v) is 6.93. The van der Waals surface area contributed by atoms with Gasteiger partial charge < -0.3 is 14.8 Å². The number of halogens is 1. The number of hydrogen-bond donors (Lipinski definition) is 1. The minimum absolute atomic E-state index is 0.0558. The fourth-order valence-electron chi connectivity index (χ4n) is 2.53. The van der Waals surface area contributed by atoms with Crippen LogP contribution in [0.15, 0.2) is 40.4 Å². The van der Waals surface area contributed by atoms with Crippen molar-refractivity contribution in [3.8, 4) is 23.6 Å². The van der Waals surface area contributed by atoms with Gasteiger partial charge in [0.1, 0.15) is 17.7 Å². The molecule has 2 aromatic carbocycles. The molecule has 2 aromatic rings. The van der Waals surface area contributed by atoms with Crippen molar-refractivity contribution in [3.63, 3.8) is 0 Å². The van der Waals surface area contributed by atoms with E-state index in [-0.39, 0.29) is 12.2 Å². The minimum Gasteiger partial charge on any atom is -0.490 e. The number of rotatable bonds is 7. The molecule has 0 atom stereocenters. The van der Waals surface area contributed by atoms with Gasteiger partial charge in [0.25, 0.3) is 5.91 Å². The molecule has 1 N–H and O–H groups in total. The first-order valence-electron chi connectivity index (χ1n) is 8.86. The molecule has 0 unspecified atom stereocenters. The van der Waals surface area contributed by atoms with E-state index in [1.165, 1.54) is 6.08 Å². The van der Waals surface area contributed by atoms with Crippen LogP contribution in [0.4, 0.5) is 5.69 Å². The second-order valence-electron chi connectivity index (χ2n) is 6.07. The molecule has 7 heteroatoms. The summed E-state index contributed by atoms with van der Waals surface area (Å²) in [6.45, 7) is 5.96. The second kappa shape index (κ2) is 10.3. The van der Waals surface area contributed by atoms with E-state index < -0.39 is 5.91 Å². The van der Waals surface area contributed by atoms with Gasteiger partial charge in [0.05, 0.1) is 6.61 Å². The highest BCUT2D eigenvalue weighted by Gasteiger charge is 2.15. The summed E-state index contributed by atoms with van der Waals surface area (Å²) < 4.78 is 11.5. The molecule has 29 heavy (non-hydrogen) atoms. The molecule has 0 saturated heterocycles. The van der Waals surface area contributed by atoms with Gasteiger partial charge in [-0.3, -0.25) is 4.79 Å². The maximum absolute atomic E-state index is 12.6. The summed E-state index contributed by atoms with van der Waals surface area (Å²) in [5.41, 5.74) is 3.16. The van der Waals surface area contributed by atoms with Crippen molar-refractivity contribution in [2.45, 2.75) is 20.8 Å². The SMILES string of the molecule is CCOc1cc(/C=C(\C#N)C(=O)Nc2cccc(C)c2C)c(Br)cc1OCC#N. The summed E-state index contributed by atoms with van der Waals surface area (Å²) in [5.74, 6) is 0.316. The summed E-state index contributed by atoms with van der Waals surface area (Å²) in [4.78, 5) is 12.6. The van der Waals surface area contributed by atoms with Gasteiger partial charge in [-0.25, -0.2) is 0 Å². The van der Waals surface area contributed by atoms with Crippen LogP contribution in [0.1, 0.15) is 23.6 Å². The number of carbonyl (C=O) groups is 1. The number of nitriles is 2. The highest BCUT2D eigenvalue weighted by atomic mass is 79.9. The Morgan fingerprint density at radius 3 is 2.59 bits per heavy atom. The highest BCUT2D eigenvalue weighted by Crippen LogP contribution is 2.35. The lowest BCUT2D eigenvalue weighted by atomic mass is 10.1. The van der Waals surface area contributed by atoms with Crippen LogP contribution in [0.5, 0.6) is 11.5 Å². The normalized spacial score (nSPS) is 10.6. The van der Waals surface area contributed by atoms with Crippen LogP contribution in [0.3, 0.4) is 0 Å². The molecular formula is C22H20BrN3O3. The number of benzene rings is 2. The van der Waals surface area contributed by atoms with E-state index in [1.54, 1.807) is 18.2 Å². The monoisotopic (exact) mass is 453 g/mol. The average Bonchev–Trinajstić information content (AvgIpc) is 2.70. The Morgan fingerprint density at radius 2 is 1.93 bits per heavy atom. The number of nitrogens with one attached hydrogen (secondary N) is 1. The van der Waals surface area contributed by atoms with Crippen molar-refractivity contribution in [2.24, 2.45) is 0 Å². The maximum atomic E-state index is 12.6. The van der Waals surface area contributed by atoms with Gasteiger partial charge in [0.15, 0.2) is 18.1 Å². The molecule has 0 aliphatic rings. The van der Waals surface area contributed by atoms with Crippen LogP contribution in [0.25, 0.3) is 6.08 Å². The van der Waals surface area contributed by atoms with Crippen molar-refractivity contribution in [1.82, 2.24) is 0 Å². The number of amides is 1. The van der Waals surface area contributed by atoms with Crippen molar-refractivity contribution in [1.29, 1.82) is 10.5 Å². The third kappa shape index (κ3) is 5.60. The summed E-state index contributed by atoms with van der Waals surface area (Å²) in [7, 11) is 0. The number of aryl methyl sites for hydroxylation is 1. The third-order valence-corrected chi connectivity index (χ3v) is 4.86. The molecule has 0 saturated carbocycles. The predicted octanol–water partition coefficient (Wildman–Crippen LogP) is 4.91. The Balaban J connectivity index is 2.37. The van der Waals surface area contributed by atoms with Crippen molar-refractivity contribution < 1.29 is 14.3 Å². The molecule has 6 nitrogen and oxygen atoms in total. The maximum Gasteiger partial charge on any atom is 0.266 e. The predicted molar refractivity (Wildman–Crippen MR) is 115 cm³/mol. The Morgan fingerprint density at radius 1 is 1.21 bits per heavy atom. The molecule has 0 spiro atoms. The number of ether oxygens (including phenoxy) is 2. The number of carbonyl (C=O) groups excluding carboxylic acids is 1. The Labute approximate surface area is 178 Å². The summed E-state index contributed by atoms with van der Waals surface area (Å²) in [6.07, 6.45) is 1.47. The lowest BCUT2D eigenvalue weighted by Crippen LogP contribution is -2.14. The van der Waals surface area contributed by atoms with Gasteiger partial charge in [-0.2, -0.15) is 10.5 Å². The molecule has 0 heterocycles. The topological polar surface area (TPSA) is 95.1 Å². The van der Waals surface area contributed by atoms with Gasteiger partial charge in [-0.15, -0.1) is 0 Å².